The van der Waals surface area contributed by atoms with E-state index in [0.717, 1.165) is 52.2 Å². The van der Waals surface area contributed by atoms with Crippen LogP contribution in [0.5, 0.6) is 0 Å². The van der Waals surface area contributed by atoms with E-state index in [0.29, 0.717) is 5.92 Å². The molecule has 3 rings (SSSR count). The Morgan fingerprint density at radius 3 is 2.56 bits per heavy atom. The number of rotatable bonds is 7. The molecule has 0 radical (unpaired) electrons. The Balaban J connectivity index is 1.50. The summed E-state index contributed by atoms with van der Waals surface area (Å²) in [5, 5.41) is 0. The van der Waals surface area contributed by atoms with Crippen LogP contribution in [0.4, 0.5) is 0 Å². The van der Waals surface area contributed by atoms with Gasteiger partial charge in [0.05, 0.1) is 6.10 Å². The van der Waals surface area contributed by atoms with Gasteiger partial charge in [-0.25, -0.2) is 0 Å². The first-order valence-electron chi connectivity index (χ1n) is 10.7. The van der Waals surface area contributed by atoms with Gasteiger partial charge in [-0.15, -0.1) is 0 Å². The lowest BCUT2D eigenvalue weighted by Gasteiger charge is -2.36. The fraction of sp³-hybridized carbons (Fsp3) is 0.696. The van der Waals surface area contributed by atoms with Crippen LogP contribution in [-0.2, 0) is 16.1 Å². The SMILES string of the molecule is Cc1ccccc1CN1CCC(CN(C[C@@H]2CCCO2)C(=O)C(C)C)CC1. The zero-order chi connectivity index (χ0) is 19.2. The number of hydrogen-bond donors (Lipinski definition) is 0. The lowest BCUT2D eigenvalue weighted by Crippen LogP contribution is -2.45. The molecular formula is C23H36N2O2. The van der Waals surface area contributed by atoms with Crippen molar-refractivity contribution in [1.29, 1.82) is 0 Å². The fourth-order valence-corrected chi connectivity index (χ4v) is 4.32. The summed E-state index contributed by atoms with van der Waals surface area (Å²) >= 11 is 0. The number of carbonyl (C=O) groups excluding carboxylic acids is 1. The first-order valence-corrected chi connectivity index (χ1v) is 10.7. The first kappa shape index (κ1) is 20.3. The van der Waals surface area contributed by atoms with Gasteiger partial charge >= 0.3 is 0 Å². The van der Waals surface area contributed by atoms with Crippen molar-refractivity contribution in [2.24, 2.45) is 11.8 Å². The predicted octanol–water partition coefficient (Wildman–Crippen LogP) is 3.87. The largest absolute Gasteiger partial charge is 0.376 e. The van der Waals surface area contributed by atoms with Gasteiger partial charge in [0.15, 0.2) is 0 Å². The standard InChI is InChI=1S/C23H36N2O2/c1-18(2)23(26)25(17-22-9-6-14-27-22)15-20-10-12-24(13-11-20)16-21-8-5-4-7-19(21)3/h4-5,7-8,18,20,22H,6,9-17H2,1-3H3/t22-/m0/s1. The van der Waals surface area contributed by atoms with Crippen LogP contribution >= 0.6 is 0 Å². The van der Waals surface area contributed by atoms with Crippen LogP contribution in [0.15, 0.2) is 24.3 Å². The zero-order valence-electron chi connectivity index (χ0n) is 17.3. The van der Waals surface area contributed by atoms with E-state index in [1.807, 2.05) is 13.8 Å². The summed E-state index contributed by atoms with van der Waals surface area (Å²) in [6, 6.07) is 8.68. The minimum absolute atomic E-state index is 0.0625. The Hall–Kier alpha value is -1.39. The number of amides is 1. The second-order valence-electron chi connectivity index (χ2n) is 8.68. The molecule has 1 aromatic carbocycles. The van der Waals surface area contributed by atoms with E-state index in [4.69, 9.17) is 4.74 Å². The van der Waals surface area contributed by atoms with Crippen LogP contribution < -0.4 is 0 Å². The molecule has 0 aliphatic carbocycles. The molecule has 0 bridgehead atoms. The molecule has 0 spiro atoms. The second-order valence-corrected chi connectivity index (χ2v) is 8.68. The maximum absolute atomic E-state index is 12.7. The van der Waals surface area contributed by atoms with Crippen molar-refractivity contribution in [3.05, 3.63) is 35.4 Å². The van der Waals surface area contributed by atoms with Crippen molar-refractivity contribution in [2.75, 3.05) is 32.8 Å². The maximum Gasteiger partial charge on any atom is 0.225 e. The van der Waals surface area contributed by atoms with E-state index >= 15 is 0 Å². The third-order valence-corrected chi connectivity index (χ3v) is 6.09. The number of aryl methyl sites for hydroxylation is 1. The third kappa shape index (κ3) is 5.79. The molecule has 2 aliphatic heterocycles. The van der Waals surface area contributed by atoms with Crippen LogP contribution in [-0.4, -0.2) is 54.6 Å². The van der Waals surface area contributed by atoms with Crippen molar-refractivity contribution in [3.63, 3.8) is 0 Å². The number of carbonyl (C=O) groups is 1. The third-order valence-electron chi connectivity index (χ3n) is 6.09. The molecule has 2 aliphatic rings. The minimum atomic E-state index is 0.0625. The molecule has 0 saturated carbocycles. The Kier molecular flexibility index (Phi) is 7.31. The number of likely N-dealkylation sites (tertiary alicyclic amines) is 1. The molecule has 0 N–H and O–H groups in total. The van der Waals surface area contributed by atoms with Crippen molar-refractivity contribution < 1.29 is 9.53 Å². The topological polar surface area (TPSA) is 32.8 Å². The summed E-state index contributed by atoms with van der Waals surface area (Å²) in [7, 11) is 0. The molecule has 27 heavy (non-hydrogen) atoms. The van der Waals surface area contributed by atoms with Gasteiger partial charge in [0, 0.05) is 32.2 Å². The summed E-state index contributed by atoms with van der Waals surface area (Å²) in [5.41, 5.74) is 2.82. The van der Waals surface area contributed by atoms with Crippen molar-refractivity contribution in [3.8, 4) is 0 Å². The van der Waals surface area contributed by atoms with Crippen molar-refractivity contribution >= 4 is 5.91 Å². The monoisotopic (exact) mass is 372 g/mol. The van der Waals surface area contributed by atoms with Crippen LogP contribution in [0, 0.1) is 18.8 Å². The van der Waals surface area contributed by atoms with Gasteiger partial charge in [-0.1, -0.05) is 38.1 Å². The van der Waals surface area contributed by atoms with Crippen LogP contribution in [0.1, 0.15) is 50.7 Å². The summed E-state index contributed by atoms with van der Waals surface area (Å²) in [6.07, 6.45) is 4.83. The lowest BCUT2D eigenvalue weighted by atomic mass is 9.94. The van der Waals surface area contributed by atoms with E-state index in [-0.39, 0.29) is 17.9 Å². The molecule has 0 aromatic heterocycles. The average Bonchev–Trinajstić information content (AvgIpc) is 3.17. The number of nitrogens with zero attached hydrogens (tertiary/aromatic N) is 2. The first-order chi connectivity index (χ1) is 13.0. The van der Waals surface area contributed by atoms with Crippen LogP contribution in [0.3, 0.4) is 0 Å². The molecule has 4 nitrogen and oxygen atoms in total. The molecule has 0 unspecified atom stereocenters. The molecule has 2 saturated heterocycles. The lowest BCUT2D eigenvalue weighted by molar-refractivity contribution is -0.137. The van der Waals surface area contributed by atoms with Gasteiger partial charge in [-0.05, 0) is 62.7 Å². The van der Waals surface area contributed by atoms with Crippen LogP contribution in [0.25, 0.3) is 0 Å². The Bertz CT molecular complexity index is 602. The number of piperidine rings is 1. The highest BCUT2D eigenvalue weighted by Gasteiger charge is 2.28. The maximum atomic E-state index is 12.7. The van der Waals surface area contributed by atoms with E-state index < -0.39 is 0 Å². The fourth-order valence-electron chi connectivity index (χ4n) is 4.32. The molecule has 1 atom stereocenters. The highest BCUT2D eigenvalue weighted by atomic mass is 16.5. The Labute approximate surface area is 164 Å². The number of hydrogen-bond acceptors (Lipinski definition) is 3. The van der Waals surface area contributed by atoms with Crippen LogP contribution in [0.2, 0.25) is 0 Å². The van der Waals surface area contributed by atoms with Gasteiger partial charge in [-0.2, -0.15) is 0 Å². The molecule has 2 fully saturated rings. The summed E-state index contributed by atoms with van der Waals surface area (Å²) in [6.45, 7) is 12.0. The smallest absolute Gasteiger partial charge is 0.225 e. The molecule has 4 heteroatoms. The number of ether oxygens (including phenoxy) is 1. The highest BCUT2D eigenvalue weighted by Crippen LogP contribution is 2.23. The van der Waals surface area contributed by atoms with E-state index in [9.17, 15) is 4.79 Å². The molecular weight excluding hydrogens is 336 g/mol. The Morgan fingerprint density at radius 1 is 1.19 bits per heavy atom. The minimum Gasteiger partial charge on any atom is -0.376 e. The van der Waals surface area contributed by atoms with E-state index in [1.54, 1.807) is 0 Å². The second kappa shape index (κ2) is 9.70. The summed E-state index contributed by atoms with van der Waals surface area (Å²) < 4.78 is 5.80. The number of benzene rings is 1. The molecule has 1 amide bonds. The van der Waals surface area contributed by atoms with Gasteiger partial charge in [-0.3, -0.25) is 9.69 Å². The van der Waals surface area contributed by atoms with Gasteiger partial charge < -0.3 is 9.64 Å². The highest BCUT2D eigenvalue weighted by molar-refractivity contribution is 5.78. The van der Waals surface area contributed by atoms with Gasteiger partial charge in [0.2, 0.25) is 5.91 Å². The quantitative estimate of drug-likeness (QED) is 0.728. The van der Waals surface area contributed by atoms with Gasteiger partial charge in [0.25, 0.3) is 0 Å². The van der Waals surface area contributed by atoms with Crippen molar-refractivity contribution in [2.45, 2.75) is 59.1 Å². The van der Waals surface area contributed by atoms with E-state index in [1.165, 1.54) is 24.0 Å². The normalized spacial score (nSPS) is 21.7. The summed E-state index contributed by atoms with van der Waals surface area (Å²) in [4.78, 5) is 17.4. The average molecular weight is 373 g/mol. The molecule has 150 valence electrons. The Morgan fingerprint density at radius 2 is 1.93 bits per heavy atom. The van der Waals surface area contributed by atoms with Gasteiger partial charge in [0.1, 0.15) is 0 Å². The molecule has 2 heterocycles. The van der Waals surface area contributed by atoms with E-state index in [2.05, 4.69) is 41.0 Å². The zero-order valence-corrected chi connectivity index (χ0v) is 17.3. The molecule has 1 aromatic rings. The van der Waals surface area contributed by atoms with Crippen molar-refractivity contribution in [1.82, 2.24) is 9.80 Å². The summed E-state index contributed by atoms with van der Waals surface area (Å²) in [5.74, 6) is 0.961. The predicted molar refractivity (Wildman–Crippen MR) is 110 cm³/mol.